The lowest BCUT2D eigenvalue weighted by atomic mass is 10.0. The van der Waals surface area contributed by atoms with Gasteiger partial charge in [-0.05, 0) is 25.0 Å². The van der Waals surface area contributed by atoms with Crippen LogP contribution < -0.4 is 10.6 Å². The molecule has 2 N–H and O–H groups in total. The number of nitrogens with one attached hydrogen (secondary N) is 2. The van der Waals surface area contributed by atoms with Crippen molar-refractivity contribution in [3.8, 4) is 11.4 Å². The Hall–Kier alpha value is -2.75. The van der Waals surface area contributed by atoms with Crippen molar-refractivity contribution in [2.45, 2.75) is 36.6 Å². The van der Waals surface area contributed by atoms with Crippen LogP contribution in [-0.4, -0.2) is 50.8 Å². The highest BCUT2D eigenvalue weighted by Gasteiger charge is 2.65. The second-order valence-corrected chi connectivity index (χ2v) is 7.56. The Morgan fingerprint density at radius 3 is 2.66 bits per heavy atom. The van der Waals surface area contributed by atoms with Crippen molar-refractivity contribution in [1.82, 2.24) is 24.7 Å². The van der Waals surface area contributed by atoms with Crippen LogP contribution in [0.3, 0.4) is 0 Å². The van der Waals surface area contributed by atoms with E-state index in [-0.39, 0.29) is 24.6 Å². The van der Waals surface area contributed by atoms with E-state index in [2.05, 4.69) is 25.6 Å². The Kier molecular flexibility index (Phi) is 4.02. The van der Waals surface area contributed by atoms with Crippen molar-refractivity contribution < 1.29 is 17.6 Å². The molecule has 152 valence electrons. The van der Waals surface area contributed by atoms with E-state index in [0.717, 1.165) is 0 Å². The fraction of sp³-hybridized carbons (Fsp3) is 0.421. The minimum absolute atomic E-state index is 0.0108. The summed E-state index contributed by atoms with van der Waals surface area (Å²) in [5, 5.41) is 6.04. The van der Waals surface area contributed by atoms with Crippen LogP contribution in [-0.2, 0) is 5.41 Å². The molecule has 2 aliphatic rings. The van der Waals surface area contributed by atoms with Gasteiger partial charge in [-0.3, -0.25) is 9.38 Å². The molecule has 5 rings (SSSR count). The van der Waals surface area contributed by atoms with Crippen LogP contribution in [0.25, 0.3) is 17.0 Å². The van der Waals surface area contributed by atoms with Crippen molar-refractivity contribution in [3.05, 3.63) is 42.5 Å². The highest BCUT2D eigenvalue weighted by molar-refractivity contribution is 5.62. The number of nitrogens with zero attached hydrogens (tertiary/aromatic N) is 4. The Bertz CT molecular complexity index is 1060. The van der Waals surface area contributed by atoms with Crippen LogP contribution >= 0.6 is 0 Å². The zero-order chi connectivity index (χ0) is 20.2. The maximum Gasteiger partial charge on any atom is 0.399 e. The minimum atomic E-state index is -4.34. The summed E-state index contributed by atoms with van der Waals surface area (Å²) in [7, 11) is 0. The van der Waals surface area contributed by atoms with Crippen LogP contribution in [0.5, 0.6) is 0 Å². The molecular formula is C19H18F4N6. The van der Waals surface area contributed by atoms with E-state index in [4.69, 9.17) is 0 Å². The van der Waals surface area contributed by atoms with Crippen molar-refractivity contribution in [1.29, 1.82) is 0 Å². The second-order valence-electron chi connectivity index (χ2n) is 7.56. The molecular weight excluding hydrogens is 388 g/mol. The van der Waals surface area contributed by atoms with Gasteiger partial charge in [-0.2, -0.15) is 13.2 Å². The van der Waals surface area contributed by atoms with Gasteiger partial charge in [-0.25, -0.2) is 14.4 Å². The Balaban J connectivity index is 1.51. The highest BCUT2D eigenvalue weighted by atomic mass is 19.4. The number of rotatable bonds is 4. The predicted octanol–water partition coefficient (Wildman–Crippen LogP) is 3.11. The van der Waals surface area contributed by atoms with Crippen molar-refractivity contribution >= 4 is 11.5 Å². The SMILES string of the molecule is F[C@H]1CNC[C@@H]1Nc1cccc(-c2cnc3cnc(C4(C(F)(F)F)CC4)cn23)n1. The Morgan fingerprint density at radius 2 is 1.97 bits per heavy atom. The third kappa shape index (κ3) is 3.02. The molecule has 29 heavy (non-hydrogen) atoms. The summed E-state index contributed by atoms with van der Waals surface area (Å²) in [4.78, 5) is 12.8. The summed E-state index contributed by atoms with van der Waals surface area (Å²) in [5.74, 6) is 0.497. The van der Waals surface area contributed by atoms with E-state index >= 15 is 0 Å². The maximum atomic E-state index is 13.8. The third-order valence-corrected chi connectivity index (χ3v) is 5.66. The standard InChI is InChI=1S/C19H18F4N6/c20-11-6-24-7-13(11)28-16-3-1-2-12(27-16)14-8-26-17-9-25-15(10-29(14)17)18(4-5-18)19(21,22)23/h1-3,8-11,13,24H,4-7H2,(H,27,28)/t11-,13-/m0/s1. The van der Waals surface area contributed by atoms with Crippen LogP contribution in [0, 0.1) is 0 Å². The number of pyridine rings is 1. The Labute approximate surface area is 163 Å². The molecule has 0 radical (unpaired) electrons. The molecule has 10 heteroatoms. The topological polar surface area (TPSA) is 67.1 Å². The van der Waals surface area contributed by atoms with Gasteiger partial charge in [0.25, 0.3) is 0 Å². The first-order valence-electron chi connectivity index (χ1n) is 9.36. The van der Waals surface area contributed by atoms with Crippen molar-refractivity contribution in [2.75, 3.05) is 18.4 Å². The molecule has 6 nitrogen and oxygen atoms in total. The zero-order valence-corrected chi connectivity index (χ0v) is 15.2. The summed E-state index contributed by atoms with van der Waals surface area (Å²) in [6.07, 6.45) is -0.970. The van der Waals surface area contributed by atoms with Crippen LogP contribution in [0.15, 0.2) is 36.8 Å². The fourth-order valence-electron chi connectivity index (χ4n) is 3.77. The first kappa shape index (κ1) is 18.3. The molecule has 4 heterocycles. The first-order valence-corrected chi connectivity index (χ1v) is 9.36. The molecule has 1 saturated heterocycles. The van der Waals surface area contributed by atoms with Gasteiger partial charge in [-0.15, -0.1) is 0 Å². The smallest absolute Gasteiger partial charge is 0.363 e. The fourth-order valence-corrected chi connectivity index (χ4v) is 3.77. The van der Waals surface area contributed by atoms with Crippen molar-refractivity contribution in [3.63, 3.8) is 0 Å². The van der Waals surface area contributed by atoms with Gasteiger partial charge in [0.05, 0.1) is 35.5 Å². The van der Waals surface area contributed by atoms with Gasteiger partial charge in [0, 0.05) is 19.3 Å². The van der Waals surface area contributed by atoms with Gasteiger partial charge in [0.2, 0.25) is 0 Å². The quantitative estimate of drug-likeness (QED) is 0.652. The van der Waals surface area contributed by atoms with Crippen LogP contribution in [0.4, 0.5) is 23.4 Å². The van der Waals surface area contributed by atoms with Gasteiger partial charge in [0.15, 0.2) is 5.65 Å². The molecule has 0 amide bonds. The van der Waals surface area contributed by atoms with Gasteiger partial charge >= 0.3 is 6.18 Å². The van der Waals surface area contributed by atoms with E-state index in [1.54, 1.807) is 28.8 Å². The van der Waals surface area contributed by atoms with Crippen LogP contribution in [0.2, 0.25) is 0 Å². The summed E-state index contributed by atoms with van der Waals surface area (Å²) in [6, 6.07) is 4.86. The molecule has 0 unspecified atom stereocenters. The van der Waals surface area contributed by atoms with E-state index in [1.807, 2.05) is 0 Å². The molecule has 2 fully saturated rings. The molecule has 1 aliphatic carbocycles. The average molecular weight is 406 g/mol. The Morgan fingerprint density at radius 1 is 1.14 bits per heavy atom. The van der Waals surface area contributed by atoms with E-state index in [9.17, 15) is 17.6 Å². The molecule has 1 aliphatic heterocycles. The predicted molar refractivity (Wildman–Crippen MR) is 98.4 cm³/mol. The van der Waals surface area contributed by atoms with E-state index in [1.165, 1.54) is 12.4 Å². The minimum Gasteiger partial charge on any atom is -0.363 e. The molecule has 1 saturated carbocycles. The molecule has 0 aromatic carbocycles. The number of hydrogen-bond donors (Lipinski definition) is 2. The first-order chi connectivity index (χ1) is 13.9. The monoisotopic (exact) mass is 406 g/mol. The summed E-state index contributed by atoms with van der Waals surface area (Å²) in [5.41, 5.74) is -0.371. The number of anilines is 1. The second kappa shape index (κ2) is 6.38. The zero-order valence-electron chi connectivity index (χ0n) is 15.2. The number of halogens is 4. The molecule has 2 atom stereocenters. The molecule has 0 bridgehead atoms. The number of hydrogen-bond acceptors (Lipinski definition) is 5. The van der Waals surface area contributed by atoms with Gasteiger partial charge in [-0.1, -0.05) is 6.07 Å². The summed E-state index contributed by atoms with van der Waals surface area (Å²) < 4.78 is 55.9. The summed E-state index contributed by atoms with van der Waals surface area (Å²) >= 11 is 0. The highest BCUT2D eigenvalue weighted by Crippen LogP contribution is 2.58. The number of fused-ring (bicyclic) bond motifs is 1. The number of alkyl halides is 4. The van der Waals surface area contributed by atoms with E-state index < -0.39 is 17.8 Å². The molecule has 3 aromatic heterocycles. The summed E-state index contributed by atoms with van der Waals surface area (Å²) in [6.45, 7) is 0.790. The largest absolute Gasteiger partial charge is 0.399 e. The maximum absolute atomic E-state index is 13.8. The van der Waals surface area contributed by atoms with Crippen molar-refractivity contribution in [2.24, 2.45) is 0 Å². The molecule has 0 spiro atoms. The van der Waals surface area contributed by atoms with Crippen LogP contribution in [0.1, 0.15) is 18.5 Å². The van der Waals surface area contributed by atoms with Gasteiger partial charge < -0.3 is 10.6 Å². The normalized spacial score (nSPS) is 23.4. The lowest BCUT2D eigenvalue weighted by Gasteiger charge is -2.18. The van der Waals surface area contributed by atoms with E-state index in [0.29, 0.717) is 35.9 Å². The lowest BCUT2D eigenvalue weighted by Crippen LogP contribution is -2.30. The third-order valence-electron chi connectivity index (χ3n) is 5.66. The molecule has 3 aromatic rings. The number of imidazole rings is 1. The number of aromatic nitrogens is 4. The average Bonchev–Trinajstić information content (AvgIpc) is 3.28. The van der Waals surface area contributed by atoms with Gasteiger partial charge in [0.1, 0.15) is 17.4 Å². The lowest BCUT2D eigenvalue weighted by molar-refractivity contribution is -0.161.